The molecule has 0 radical (unpaired) electrons. The summed E-state index contributed by atoms with van der Waals surface area (Å²) in [5.41, 5.74) is 0.395. The van der Waals surface area contributed by atoms with E-state index in [4.69, 9.17) is 0 Å². The molecule has 62 valence electrons. The van der Waals surface area contributed by atoms with E-state index in [1.165, 1.54) is 6.42 Å². The lowest BCUT2D eigenvalue weighted by Gasteiger charge is -2.44. The highest BCUT2D eigenvalue weighted by molar-refractivity contribution is 5.89. The van der Waals surface area contributed by atoms with Crippen LogP contribution in [0.3, 0.4) is 0 Å². The van der Waals surface area contributed by atoms with Crippen LogP contribution < -0.4 is 5.32 Å². The van der Waals surface area contributed by atoms with Gasteiger partial charge in [-0.15, -0.1) is 0 Å². The zero-order valence-electron chi connectivity index (χ0n) is 7.02. The van der Waals surface area contributed by atoms with Crippen LogP contribution in [0.15, 0.2) is 0 Å². The van der Waals surface area contributed by atoms with Crippen molar-refractivity contribution >= 4 is 5.78 Å². The molecule has 2 rings (SSSR count). The van der Waals surface area contributed by atoms with Gasteiger partial charge in [0.05, 0.1) is 0 Å². The molecule has 1 spiro atoms. The molecule has 2 atom stereocenters. The minimum atomic E-state index is 0.387. The van der Waals surface area contributed by atoms with Gasteiger partial charge in [0.15, 0.2) is 0 Å². The van der Waals surface area contributed by atoms with Crippen molar-refractivity contribution < 1.29 is 4.79 Å². The van der Waals surface area contributed by atoms with Gasteiger partial charge in [0, 0.05) is 24.3 Å². The molecule has 2 heteroatoms. The summed E-state index contributed by atoms with van der Waals surface area (Å²) in [5, 5.41) is 3.35. The Morgan fingerprint density at radius 2 is 2.55 bits per heavy atom. The van der Waals surface area contributed by atoms with Crippen LogP contribution in [0.5, 0.6) is 0 Å². The fourth-order valence-electron chi connectivity index (χ4n) is 2.68. The monoisotopic (exact) mass is 153 g/mol. The number of hydrogen-bond acceptors (Lipinski definition) is 2. The van der Waals surface area contributed by atoms with Crippen molar-refractivity contribution in [3.05, 3.63) is 0 Å². The number of carbonyl (C=O) groups is 1. The Labute approximate surface area is 67.4 Å². The van der Waals surface area contributed by atoms with Crippen molar-refractivity contribution in [1.82, 2.24) is 5.32 Å². The predicted octanol–water partition coefficient (Wildman–Crippen LogP) is 0.965. The molecule has 0 aromatic carbocycles. The fraction of sp³-hybridized carbons (Fsp3) is 0.889. The Morgan fingerprint density at radius 3 is 3.00 bits per heavy atom. The quantitative estimate of drug-likeness (QED) is 0.608. The Hall–Kier alpha value is -0.370. The molecule has 2 fully saturated rings. The number of rotatable bonds is 1. The van der Waals surface area contributed by atoms with Gasteiger partial charge in [-0.3, -0.25) is 4.79 Å². The van der Waals surface area contributed by atoms with Crippen LogP contribution in [0.2, 0.25) is 0 Å². The molecule has 2 nitrogen and oxygen atoms in total. The predicted molar refractivity (Wildman–Crippen MR) is 43.3 cm³/mol. The molecule has 0 amide bonds. The molecular weight excluding hydrogens is 138 g/mol. The lowest BCUT2D eigenvalue weighted by molar-refractivity contribution is -0.141. The van der Waals surface area contributed by atoms with E-state index in [1.807, 2.05) is 0 Å². The SMILES string of the molecule is CCC1C(=O)CC12CCNC2. The average Bonchev–Trinajstić information content (AvgIpc) is 2.38. The van der Waals surface area contributed by atoms with E-state index in [0.29, 0.717) is 17.1 Å². The number of ketones is 1. The lowest BCUT2D eigenvalue weighted by Crippen LogP contribution is -2.49. The maximum Gasteiger partial charge on any atom is 0.137 e. The van der Waals surface area contributed by atoms with E-state index in [2.05, 4.69) is 12.2 Å². The summed E-state index contributed by atoms with van der Waals surface area (Å²) in [6.45, 7) is 4.32. The topological polar surface area (TPSA) is 29.1 Å². The van der Waals surface area contributed by atoms with Crippen molar-refractivity contribution in [2.45, 2.75) is 26.2 Å². The first kappa shape index (κ1) is 7.29. The molecule has 11 heavy (non-hydrogen) atoms. The summed E-state index contributed by atoms with van der Waals surface area (Å²) in [4.78, 5) is 11.2. The standard InChI is InChI=1S/C9H15NO/c1-2-7-8(11)5-9(7)3-4-10-6-9/h7,10H,2-6H2,1H3. The van der Waals surface area contributed by atoms with E-state index in [0.717, 1.165) is 25.9 Å². The molecule has 2 unspecified atom stereocenters. The van der Waals surface area contributed by atoms with Crippen molar-refractivity contribution in [1.29, 1.82) is 0 Å². The number of nitrogens with one attached hydrogen (secondary N) is 1. The minimum Gasteiger partial charge on any atom is -0.316 e. The molecule has 0 aromatic heterocycles. The van der Waals surface area contributed by atoms with Gasteiger partial charge < -0.3 is 5.32 Å². The Bertz CT molecular complexity index is 182. The molecule has 0 aromatic rings. The molecule has 1 saturated heterocycles. The first-order chi connectivity index (χ1) is 5.28. The van der Waals surface area contributed by atoms with Gasteiger partial charge in [0.2, 0.25) is 0 Å². The zero-order chi connectivity index (χ0) is 7.90. The van der Waals surface area contributed by atoms with Gasteiger partial charge in [-0.2, -0.15) is 0 Å². The summed E-state index contributed by atoms with van der Waals surface area (Å²) in [6.07, 6.45) is 3.11. The van der Waals surface area contributed by atoms with Crippen LogP contribution in [0.1, 0.15) is 26.2 Å². The van der Waals surface area contributed by atoms with Gasteiger partial charge in [0.1, 0.15) is 5.78 Å². The van der Waals surface area contributed by atoms with Crippen LogP contribution >= 0.6 is 0 Å². The molecule has 1 N–H and O–H groups in total. The van der Waals surface area contributed by atoms with Crippen LogP contribution in [-0.2, 0) is 4.79 Å². The van der Waals surface area contributed by atoms with Gasteiger partial charge in [-0.1, -0.05) is 6.92 Å². The van der Waals surface area contributed by atoms with E-state index >= 15 is 0 Å². The van der Waals surface area contributed by atoms with E-state index in [-0.39, 0.29) is 0 Å². The third-order valence-electron chi connectivity index (χ3n) is 3.34. The maximum atomic E-state index is 11.2. The van der Waals surface area contributed by atoms with Gasteiger partial charge in [-0.25, -0.2) is 0 Å². The second kappa shape index (κ2) is 2.31. The molecule has 2 aliphatic rings. The smallest absolute Gasteiger partial charge is 0.137 e. The molecule has 0 bridgehead atoms. The summed E-state index contributed by atoms with van der Waals surface area (Å²) in [5.74, 6) is 0.883. The highest BCUT2D eigenvalue weighted by Gasteiger charge is 2.53. The first-order valence-electron chi connectivity index (χ1n) is 4.52. The zero-order valence-corrected chi connectivity index (χ0v) is 7.02. The van der Waals surface area contributed by atoms with Gasteiger partial charge in [-0.05, 0) is 19.4 Å². The van der Waals surface area contributed by atoms with Crippen LogP contribution in [0.25, 0.3) is 0 Å². The van der Waals surface area contributed by atoms with Crippen LogP contribution in [-0.4, -0.2) is 18.9 Å². The second-order valence-corrected chi connectivity index (χ2v) is 3.89. The van der Waals surface area contributed by atoms with Crippen molar-refractivity contribution in [3.63, 3.8) is 0 Å². The maximum absolute atomic E-state index is 11.2. The van der Waals surface area contributed by atoms with Gasteiger partial charge >= 0.3 is 0 Å². The largest absolute Gasteiger partial charge is 0.316 e. The molecular formula is C9H15NO. The summed E-state index contributed by atoms with van der Waals surface area (Å²) >= 11 is 0. The molecule has 1 saturated carbocycles. The van der Waals surface area contributed by atoms with E-state index in [9.17, 15) is 4.79 Å². The van der Waals surface area contributed by atoms with E-state index in [1.54, 1.807) is 0 Å². The minimum absolute atomic E-state index is 0.387. The number of hydrogen-bond donors (Lipinski definition) is 1. The van der Waals surface area contributed by atoms with E-state index < -0.39 is 0 Å². The van der Waals surface area contributed by atoms with Crippen LogP contribution in [0.4, 0.5) is 0 Å². The summed E-state index contributed by atoms with van der Waals surface area (Å²) < 4.78 is 0. The number of Topliss-reactive ketones (excluding diaryl/α,β-unsaturated/α-hetero) is 1. The second-order valence-electron chi connectivity index (χ2n) is 3.89. The fourth-order valence-corrected chi connectivity index (χ4v) is 2.68. The average molecular weight is 153 g/mol. The molecule has 1 heterocycles. The Balaban J connectivity index is 2.10. The van der Waals surface area contributed by atoms with Crippen molar-refractivity contribution in [2.75, 3.05) is 13.1 Å². The summed E-state index contributed by atoms with van der Waals surface area (Å²) in [7, 11) is 0. The molecule has 1 aliphatic heterocycles. The Morgan fingerprint density at radius 1 is 1.73 bits per heavy atom. The summed E-state index contributed by atoms with van der Waals surface area (Å²) in [6, 6.07) is 0. The van der Waals surface area contributed by atoms with Crippen molar-refractivity contribution in [3.8, 4) is 0 Å². The first-order valence-corrected chi connectivity index (χ1v) is 4.52. The Kier molecular flexibility index (Phi) is 1.53. The lowest BCUT2D eigenvalue weighted by atomic mass is 9.58. The highest BCUT2D eigenvalue weighted by atomic mass is 16.1. The third-order valence-corrected chi connectivity index (χ3v) is 3.34. The number of carbonyl (C=O) groups excluding carboxylic acids is 1. The highest BCUT2D eigenvalue weighted by Crippen LogP contribution is 2.49. The normalized spacial score (nSPS) is 43.0. The van der Waals surface area contributed by atoms with Crippen LogP contribution in [0, 0.1) is 11.3 Å². The third kappa shape index (κ3) is 0.853. The molecule has 1 aliphatic carbocycles. The van der Waals surface area contributed by atoms with Crippen molar-refractivity contribution in [2.24, 2.45) is 11.3 Å². The van der Waals surface area contributed by atoms with Gasteiger partial charge in [0.25, 0.3) is 0 Å².